The normalized spacial score (nSPS) is 12.0. The summed E-state index contributed by atoms with van der Waals surface area (Å²) in [6.45, 7) is 7.78. The number of aryl methyl sites for hydroxylation is 2. The lowest BCUT2D eigenvalue weighted by Crippen LogP contribution is -2.52. The zero-order chi connectivity index (χ0) is 27.7. The third-order valence-electron chi connectivity index (χ3n) is 6.46. The van der Waals surface area contributed by atoms with Crippen LogP contribution in [0.3, 0.4) is 0 Å². The molecular formula is C30H37N3O4S. The van der Waals surface area contributed by atoms with Gasteiger partial charge in [0, 0.05) is 13.1 Å². The Morgan fingerprint density at radius 2 is 1.50 bits per heavy atom. The number of para-hydroxylation sites is 1. The van der Waals surface area contributed by atoms with E-state index in [1.807, 2.05) is 64.1 Å². The van der Waals surface area contributed by atoms with Crippen molar-refractivity contribution in [2.75, 3.05) is 17.4 Å². The van der Waals surface area contributed by atoms with Crippen LogP contribution in [-0.2, 0) is 32.6 Å². The molecule has 1 atom stereocenters. The van der Waals surface area contributed by atoms with E-state index in [0.29, 0.717) is 25.1 Å². The Morgan fingerprint density at radius 1 is 0.868 bits per heavy atom. The first-order valence-electron chi connectivity index (χ1n) is 13.0. The van der Waals surface area contributed by atoms with Crippen LogP contribution in [0.15, 0.2) is 83.8 Å². The van der Waals surface area contributed by atoms with E-state index in [2.05, 4.69) is 5.32 Å². The summed E-state index contributed by atoms with van der Waals surface area (Å²) in [7, 11) is -4.07. The standard InChI is InChI=1S/C30H37N3O4S/c1-5-25-13-11-12-16-28(25)33(38(36,37)26-14-9-8-10-15-26)22-29(34)32(27(6-2)30(35)31-7-3)21-24-19-17-23(4)18-20-24/h8-20,27H,5-7,21-22H2,1-4H3,(H,31,35)/t27-/m1/s1. The Hall–Kier alpha value is -3.65. The number of sulfonamides is 1. The minimum absolute atomic E-state index is 0.0968. The van der Waals surface area contributed by atoms with Crippen LogP contribution in [0, 0.1) is 6.92 Å². The van der Waals surface area contributed by atoms with Crippen molar-refractivity contribution in [3.05, 3.63) is 95.6 Å². The molecular weight excluding hydrogens is 498 g/mol. The molecule has 0 radical (unpaired) electrons. The van der Waals surface area contributed by atoms with Crippen LogP contribution < -0.4 is 9.62 Å². The third kappa shape index (κ3) is 6.81. The topological polar surface area (TPSA) is 86.8 Å². The first-order valence-corrected chi connectivity index (χ1v) is 14.4. The smallest absolute Gasteiger partial charge is 0.264 e. The molecule has 0 saturated carbocycles. The fourth-order valence-corrected chi connectivity index (χ4v) is 5.86. The molecule has 0 unspecified atom stereocenters. The van der Waals surface area contributed by atoms with Gasteiger partial charge < -0.3 is 10.2 Å². The van der Waals surface area contributed by atoms with E-state index in [1.165, 1.54) is 21.3 Å². The van der Waals surface area contributed by atoms with Crippen LogP contribution in [-0.4, -0.2) is 44.3 Å². The Morgan fingerprint density at radius 3 is 2.11 bits per heavy atom. The van der Waals surface area contributed by atoms with Gasteiger partial charge in [-0.05, 0) is 56.0 Å². The molecule has 7 nitrogen and oxygen atoms in total. The molecule has 0 aliphatic heterocycles. The monoisotopic (exact) mass is 535 g/mol. The quantitative estimate of drug-likeness (QED) is 0.364. The number of nitrogens with zero attached hydrogens (tertiary/aromatic N) is 2. The summed E-state index contributed by atoms with van der Waals surface area (Å²) in [5.74, 6) is -0.712. The van der Waals surface area contributed by atoms with Gasteiger partial charge in [-0.1, -0.05) is 80.1 Å². The molecule has 0 spiro atoms. The SMILES string of the molecule is CCNC(=O)[C@@H](CC)N(Cc1ccc(C)cc1)C(=O)CN(c1ccccc1CC)S(=O)(=O)c1ccccc1. The third-order valence-corrected chi connectivity index (χ3v) is 8.24. The maximum Gasteiger partial charge on any atom is 0.264 e. The number of rotatable bonds is 12. The Kier molecular flexibility index (Phi) is 10.1. The van der Waals surface area contributed by atoms with Crippen molar-refractivity contribution in [1.82, 2.24) is 10.2 Å². The van der Waals surface area contributed by atoms with Crippen LogP contribution in [0.2, 0.25) is 0 Å². The number of hydrogen-bond acceptors (Lipinski definition) is 4. The van der Waals surface area contributed by atoms with Gasteiger partial charge in [0.2, 0.25) is 11.8 Å². The lowest BCUT2D eigenvalue weighted by molar-refractivity contribution is -0.140. The second kappa shape index (κ2) is 13.2. The van der Waals surface area contributed by atoms with Crippen LogP contribution in [0.25, 0.3) is 0 Å². The van der Waals surface area contributed by atoms with E-state index in [9.17, 15) is 18.0 Å². The van der Waals surface area contributed by atoms with Crippen LogP contribution in [0.1, 0.15) is 43.9 Å². The second-order valence-electron chi connectivity index (χ2n) is 9.13. The van der Waals surface area contributed by atoms with Gasteiger partial charge >= 0.3 is 0 Å². The van der Waals surface area contributed by atoms with Crippen LogP contribution >= 0.6 is 0 Å². The van der Waals surface area contributed by atoms with Crippen molar-refractivity contribution in [2.45, 2.75) is 58.0 Å². The van der Waals surface area contributed by atoms with E-state index in [-0.39, 0.29) is 17.3 Å². The minimum atomic E-state index is -4.07. The highest BCUT2D eigenvalue weighted by Gasteiger charge is 2.34. The molecule has 3 rings (SSSR count). The van der Waals surface area contributed by atoms with E-state index >= 15 is 0 Å². The zero-order valence-electron chi connectivity index (χ0n) is 22.6. The molecule has 202 valence electrons. The molecule has 0 aliphatic rings. The van der Waals surface area contributed by atoms with Crippen molar-refractivity contribution in [1.29, 1.82) is 0 Å². The van der Waals surface area contributed by atoms with E-state index < -0.39 is 28.5 Å². The number of amides is 2. The molecule has 0 aliphatic carbocycles. The number of carbonyl (C=O) groups is 2. The summed E-state index contributed by atoms with van der Waals surface area (Å²) in [6, 6.07) is 22.3. The van der Waals surface area contributed by atoms with Crippen molar-refractivity contribution in [3.63, 3.8) is 0 Å². The highest BCUT2D eigenvalue weighted by Crippen LogP contribution is 2.28. The van der Waals surface area contributed by atoms with Gasteiger partial charge in [0.05, 0.1) is 10.6 Å². The molecule has 3 aromatic carbocycles. The maximum absolute atomic E-state index is 14.0. The fourth-order valence-electron chi connectivity index (χ4n) is 4.39. The molecule has 2 amide bonds. The summed E-state index contributed by atoms with van der Waals surface area (Å²) in [5.41, 5.74) is 3.20. The van der Waals surface area contributed by atoms with Gasteiger partial charge in [-0.15, -0.1) is 0 Å². The predicted molar refractivity (Wildman–Crippen MR) is 151 cm³/mol. The number of carbonyl (C=O) groups excluding carboxylic acids is 2. The van der Waals surface area contributed by atoms with Gasteiger partial charge in [0.1, 0.15) is 12.6 Å². The number of nitrogens with one attached hydrogen (secondary N) is 1. The average Bonchev–Trinajstić information content (AvgIpc) is 2.93. The van der Waals surface area contributed by atoms with E-state index in [0.717, 1.165) is 16.7 Å². The van der Waals surface area contributed by atoms with Gasteiger partial charge in [0.15, 0.2) is 0 Å². The maximum atomic E-state index is 14.0. The summed E-state index contributed by atoms with van der Waals surface area (Å²) in [6.07, 6.45) is 0.981. The molecule has 38 heavy (non-hydrogen) atoms. The Labute approximate surface area is 226 Å². The first-order chi connectivity index (χ1) is 18.2. The van der Waals surface area contributed by atoms with Gasteiger partial charge in [-0.3, -0.25) is 13.9 Å². The molecule has 8 heteroatoms. The average molecular weight is 536 g/mol. The predicted octanol–water partition coefficient (Wildman–Crippen LogP) is 4.70. The van der Waals surface area contributed by atoms with Gasteiger partial charge in [0.25, 0.3) is 10.0 Å². The van der Waals surface area contributed by atoms with Gasteiger partial charge in [-0.2, -0.15) is 0 Å². The van der Waals surface area contributed by atoms with Crippen LogP contribution in [0.5, 0.6) is 0 Å². The molecule has 0 saturated heterocycles. The summed E-state index contributed by atoms with van der Waals surface area (Å²) < 4.78 is 29.0. The minimum Gasteiger partial charge on any atom is -0.355 e. The largest absolute Gasteiger partial charge is 0.355 e. The zero-order valence-corrected chi connectivity index (χ0v) is 23.4. The second-order valence-corrected chi connectivity index (χ2v) is 11.0. The first kappa shape index (κ1) is 28.9. The molecule has 0 aromatic heterocycles. The van der Waals surface area contributed by atoms with Gasteiger partial charge in [-0.25, -0.2) is 8.42 Å². The van der Waals surface area contributed by atoms with Crippen molar-refractivity contribution >= 4 is 27.5 Å². The van der Waals surface area contributed by atoms with Crippen LogP contribution in [0.4, 0.5) is 5.69 Å². The van der Waals surface area contributed by atoms with Crippen molar-refractivity contribution in [2.24, 2.45) is 0 Å². The number of hydrogen-bond donors (Lipinski definition) is 1. The highest BCUT2D eigenvalue weighted by atomic mass is 32.2. The van der Waals surface area contributed by atoms with E-state index in [1.54, 1.807) is 30.3 Å². The fraction of sp³-hybridized carbons (Fsp3) is 0.333. The van der Waals surface area contributed by atoms with E-state index in [4.69, 9.17) is 0 Å². The lowest BCUT2D eigenvalue weighted by Gasteiger charge is -2.33. The molecule has 3 aromatic rings. The summed E-state index contributed by atoms with van der Waals surface area (Å²) in [4.78, 5) is 28.6. The van der Waals surface area contributed by atoms with Crippen molar-refractivity contribution in [3.8, 4) is 0 Å². The molecule has 1 N–H and O–H groups in total. The number of likely N-dealkylation sites (N-methyl/N-ethyl adjacent to an activating group) is 1. The molecule has 0 bridgehead atoms. The Balaban J connectivity index is 2.08. The van der Waals surface area contributed by atoms with Crippen molar-refractivity contribution < 1.29 is 18.0 Å². The summed E-state index contributed by atoms with van der Waals surface area (Å²) in [5, 5.41) is 2.82. The molecule has 0 heterocycles. The summed E-state index contributed by atoms with van der Waals surface area (Å²) >= 11 is 0. The number of anilines is 1. The lowest BCUT2D eigenvalue weighted by atomic mass is 10.1. The number of benzene rings is 3. The molecule has 0 fully saturated rings. The Bertz CT molecular complexity index is 1330. The highest BCUT2D eigenvalue weighted by molar-refractivity contribution is 7.92.